The third-order valence-corrected chi connectivity index (χ3v) is 11.9. The molecule has 3 heteroatoms. The summed E-state index contributed by atoms with van der Waals surface area (Å²) in [4.78, 5) is 14.0. The predicted octanol–water partition coefficient (Wildman–Crippen LogP) is 8.12. The molecule has 0 N–H and O–H groups in total. The Bertz CT molecular complexity index is 1470. The first-order valence-electron chi connectivity index (χ1n) is 16.2. The Morgan fingerprint density at radius 2 is 1.44 bits per heavy atom. The minimum atomic E-state index is -0.0974. The van der Waals surface area contributed by atoms with Gasteiger partial charge in [-0.1, -0.05) is 60.7 Å². The lowest BCUT2D eigenvalue weighted by Gasteiger charge is -2.61. The second kappa shape index (κ2) is 8.96. The van der Waals surface area contributed by atoms with Gasteiger partial charge in [0.05, 0.1) is 12.5 Å². The van der Waals surface area contributed by atoms with E-state index in [0.717, 1.165) is 25.0 Å². The molecule has 0 saturated heterocycles. The molecule has 0 heterocycles. The molecule has 3 aromatic carbocycles. The molecule has 4 saturated carbocycles. The first kappa shape index (κ1) is 24.5. The standard InChI is InChI=1S/C38H40O3/c39-36(33-17-32-28-11-3-5-13-30(28)35(33)31-14-6-4-12-29(31)32)40-23-37-18-24-16-25(19-37)21-38(20-24,22-37)41-34-15-7-9-26-8-1-2-10-27(26)34/h3-7,9,11-15,24-25,32-33,35H,1-2,8,10,16-23H2. The van der Waals surface area contributed by atoms with Gasteiger partial charge in [0.15, 0.2) is 0 Å². The van der Waals surface area contributed by atoms with Crippen LogP contribution >= 0.6 is 0 Å². The highest BCUT2D eigenvalue weighted by atomic mass is 16.5. The number of aryl methyl sites for hydroxylation is 1. The number of rotatable bonds is 5. The monoisotopic (exact) mass is 544 g/mol. The van der Waals surface area contributed by atoms with Gasteiger partial charge in [0.25, 0.3) is 0 Å². The third kappa shape index (κ3) is 3.80. The topological polar surface area (TPSA) is 35.5 Å². The SMILES string of the molecule is O=C(OCC12CC3CC(C1)CC(Oc1cccc4c1CCCC4)(C3)C2)C1CC2c3ccccc3C1c1ccccc12. The van der Waals surface area contributed by atoms with Crippen molar-refractivity contribution < 1.29 is 14.3 Å². The summed E-state index contributed by atoms with van der Waals surface area (Å²) in [6, 6.07) is 24.3. The van der Waals surface area contributed by atoms with Crippen LogP contribution in [0.5, 0.6) is 5.75 Å². The van der Waals surface area contributed by atoms with Crippen molar-refractivity contribution in [1.82, 2.24) is 0 Å². The van der Waals surface area contributed by atoms with Crippen LogP contribution in [0.3, 0.4) is 0 Å². The minimum absolute atomic E-state index is 0.0202. The maximum atomic E-state index is 14.0. The van der Waals surface area contributed by atoms with E-state index < -0.39 is 0 Å². The summed E-state index contributed by atoms with van der Waals surface area (Å²) in [5.41, 5.74) is 8.40. The van der Waals surface area contributed by atoms with Crippen LogP contribution < -0.4 is 4.74 Å². The molecule has 3 aromatic rings. The van der Waals surface area contributed by atoms with Gasteiger partial charge in [0.1, 0.15) is 11.4 Å². The van der Waals surface area contributed by atoms with Crippen LogP contribution in [0.2, 0.25) is 0 Å². The summed E-state index contributed by atoms with van der Waals surface area (Å²) < 4.78 is 13.6. The van der Waals surface area contributed by atoms with Crippen molar-refractivity contribution in [3.63, 3.8) is 0 Å². The second-order valence-corrected chi connectivity index (χ2v) is 14.6. The number of carbonyl (C=O) groups excluding carboxylic acids is 1. The van der Waals surface area contributed by atoms with Crippen molar-refractivity contribution in [1.29, 1.82) is 0 Å². The van der Waals surface area contributed by atoms with Gasteiger partial charge in [0.2, 0.25) is 0 Å². The lowest BCUT2D eigenvalue weighted by atomic mass is 9.48. The van der Waals surface area contributed by atoms with Crippen molar-refractivity contribution >= 4 is 5.97 Å². The fourth-order valence-electron chi connectivity index (χ4n) is 10.9. The normalized spacial score (nSPS) is 35.4. The Balaban J connectivity index is 0.969. The third-order valence-electron chi connectivity index (χ3n) is 11.9. The molecule has 4 fully saturated rings. The number of hydrogen-bond donors (Lipinski definition) is 0. The molecule has 3 nitrogen and oxygen atoms in total. The van der Waals surface area contributed by atoms with Crippen molar-refractivity contribution in [2.24, 2.45) is 23.2 Å². The largest absolute Gasteiger partial charge is 0.487 e. The molecule has 8 aliphatic rings. The van der Waals surface area contributed by atoms with Gasteiger partial charge in [-0.05, 0) is 122 Å². The Morgan fingerprint density at radius 3 is 2.17 bits per heavy atom. The maximum absolute atomic E-state index is 14.0. The molecule has 11 rings (SSSR count). The lowest BCUT2D eigenvalue weighted by Crippen LogP contribution is -2.59. The first-order chi connectivity index (χ1) is 20.1. The van der Waals surface area contributed by atoms with Gasteiger partial charge in [-0.3, -0.25) is 4.79 Å². The fourth-order valence-corrected chi connectivity index (χ4v) is 10.9. The number of fused-ring (bicyclic) bond motifs is 2. The van der Waals surface area contributed by atoms with E-state index in [9.17, 15) is 4.79 Å². The average molecular weight is 545 g/mol. The fraction of sp³-hybridized carbons (Fsp3) is 0.500. The lowest BCUT2D eigenvalue weighted by molar-refractivity contribution is -0.181. The van der Waals surface area contributed by atoms with Crippen molar-refractivity contribution in [2.45, 2.75) is 88.1 Å². The minimum Gasteiger partial charge on any atom is -0.487 e. The number of carbonyl (C=O) groups is 1. The summed E-state index contributed by atoms with van der Waals surface area (Å²) in [6.07, 6.45) is 12.8. The van der Waals surface area contributed by atoms with Gasteiger partial charge < -0.3 is 9.47 Å². The Hall–Kier alpha value is -3.07. The summed E-state index contributed by atoms with van der Waals surface area (Å²) in [5.74, 6) is 2.85. The Kier molecular flexibility index (Phi) is 5.36. The molecule has 41 heavy (non-hydrogen) atoms. The van der Waals surface area contributed by atoms with E-state index in [-0.39, 0.29) is 34.7 Å². The molecule has 0 aromatic heterocycles. The van der Waals surface area contributed by atoms with Gasteiger partial charge in [0, 0.05) is 17.3 Å². The van der Waals surface area contributed by atoms with E-state index in [1.165, 1.54) is 84.7 Å². The highest BCUT2D eigenvalue weighted by Gasteiger charge is 2.60. The number of ether oxygens (including phenoxy) is 2. The number of hydrogen-bond acceptors (Lipinski definition) is 3. The molecule has 3 unspecified atom stereocenters. The highest BCUT2D eigenvalue weighted by molar-refractivity contribution is 5.77. The first-order valence-corrected chi connectivity index (χ1v) is 16.2. The van der Waals surface area contributed by atoms with E-state index in [1.54, 1.807) is 0 Å². The summed E-state index contributed by atoms with van der Waals surface area (Å²) >= 11 is 0. The van der Waals surface area contributed by atoms with Crippen molar-refractivity contribution in [3.05, 3.63) is 100 Å². The van der Waals surface area contributed by atoms with Crippen LogP contribution in [0, 0.1) is 23.2 Å². The van der Waals surface area contributed by atoms with Gasteiger partial charge >= 0.3 is 5.97 Å². The number of esters is 1. The van der Waals surface area contributed by atoms with E-state index in [4.69, 9.17) is 9.47 Å². The Labute approximate surface area is 243 Å². The van der Waals surface area contributed by atoms with Crippen LogP contribution in [0.15, 0.2) is 66.7 Å². The molecule has 8 aliphatic carbocycles. The quantitative estimate of drug-likeness (QED) is 0.304. The Morgan fingerprint density at radius 1 is 0.756 bits per heavy atom. The molecule has 0 amide bonds. The molecule has 210 valence electrons. The van der Waals surface area contributed by atoms with Gasteiger partial charge in [-0.15, -0.1) is 0 Å². The van der Waals surface area contributed by atoms with Crippen molar-refractivity contribution in [3.8, 4) is 5.75 Å². The zero-order valence-electron chi connectivity index (χ0n) is 23.9. The molecule has 6 bridgehead atoms. The summed E-state index contributed by atoms with van der Waals surface area (Å²) in [5, 5.41) is 0. The highest BCUT2D eigenvalue weighted by Crippen LogP contribution is 2.63. The predicted molar refractivity (Wildman–Crippen MR) is 159 cm³/mol. The number of benzene rings is 3. The zero-order chi connectivity index (χ0) is 27.2. The van der Waals surface area contributed by atoms with Crippen LogP contribution in [0.25, 0.3) is 0 Å². The summed E-state index contributed by atoms with van der Waals surface area (Å²) in [6.45, 7) is 0.564. The van der Waals surface area contributed by atoms with Gasteiger partial charge in [-0.25, -0.2) is 0 Å². The van der Waals surface area contributed by atoms with Crippen LogP contribution in [0.4, 0.5) is 0 Å². The molecular formula is C38H40O3. The molecule has 0 spiro atoms. The van der Waals surface area contributed by atoms with E-state index >= 15 is 0 Å². The average Bonchev–Trinajstić information content (AvgIpc) is 2.99. The molecule has 0 radical (unpaired) electrons. The van der Waals surface area contributed by atoms with Crippen LogP contribution in [-0.4, -0.2) is 18.2 Å². The van der Waals surface area contributed by atoms with Crippen molar-refractivity contribution in [2.75, 3.05) is 6.61 Å². The van der Waals surface area contributed by atoms with Crippen LogP contribution in [-0.2, 0) is 22.4 Å². The smallest absolute Gasteiger partial charge is 0.309 e. The molecule has 0 aliphatic heterocycles. The summed E-state index contributed by atoms with van der Waals surface area (Å²) in [7, 11) is 0. The zero-order valence-corrected chi connectivity index (χ0v) is 23.9. The maximum Gasteiger partial charge on any atom is 0.309 e. The second-order valence-electron chi connectivity index (χ2n) is 14.6. The molecular weight excluding hydrogens is 504 g/mol. The van der Waals surface area contributed by atoms with E-state index in [1.807, 2.05) is 0 Å². The van der Waals surface area contributed by atoms with Gasteiger partial charge in [-0.2, -0.15) is 0 Å². The molecule has 3 atom stereocenters. The van der Waals surface area contributed by atoms with Crippen LogP contribution in [0.1, 0.15) is 103 Å². The van der Waals surface area contributed by atoms with E-state index in [0.29, 0.717) is 18.4 Å². The van der Waals surface area contributed by atoms with E-state index in [2.05, 4.69) is 66.7 Å².